The van der Waals surface area contributed by atoms with Crippen LogP contribution in [-0.4, -0.2) is 30.3 Å². The zero-order chi connectivity index (χ0) is 15.5. The van der Waals surface area contributed by atoms with Gasteiger partial charge in [0, 0.05) is 6.54 Å². The van der Waals surface area contributed by atoms with E-state index in [1.165, 1.54) is 12.1 Å². The van der Waals surface area contributed by atoms with Crippen molar-refractivity contribution in [3.63, 3.8) is 0 Å². The van der Waals surface area contributed by atoms with Crippen molar-refractivity contribution in [1.82, 2.24) is 14.9 Å². The molecule has 2 aromatic rings. The summed E-state index contributed by atoms with van der Waals surface area (Å²) < 4.78 is 39.6. The van der Waals surface area contributed by atoms with E-state index < -0.39 is 16.6 Å². The Morgan fingerprint density at radius 3 is 2.62 bits per heavy atom. The summed E-state index contributed by atoms with van der Waals surface area (Å²) in [6, 6.07) is 5.86. The third-order valence-corrected chi connectivity index (χ3v) is 4.66. The Bertz CT molecular complexity index is 711. The number of aromatic nitrogens is 2. The molecular weight excluding hydrogens is 297 g/mol. The molecule has 1 aromatic heterocycles. The van der Waals surface area contributed by atoms with Crippen molar-refractivity contribution in [2.24, 2.45) is 0 Å². The lowest BCUT2D eigenvalue weighted by Crippen LogP contribution is -2.27. The van der Waals surface area contributed by atoms with E-state index >= 15 is 0 Å². The number of aliphatic hydroxyl groups excluding tert-OH is 1. The molecule has 3 N–H and O–H groups in total. The van der Waals surface area contributed by atoms with Crippen LogP contribution in [0.25, 0.3) is 0 Å². The van der Waals surface area contributed by atoms with Crippen molar-refractivity contribution in [3.8, 4) is 0 Å². The molecule has 0 saturated heterocycles. The summed E-state index contributed by atoms with van der Waals surface area (Å²) in [6.45, 7) is 1.28. The Morgan fingerprint density at radius 2 is 2.00 bits per heavy atom. The van der Waals surface area contributed by atoms with Gasteiger partial charge in [-0.2, -0.15) is 5.10 Å². The largest absolute Gasteiger partial charge is 0.390 e. The van der Waals surface area contributed by atoms with E-state index in [1.807, 2.05) is 0 Å². The second-order valence-corrected chi connectivity index (χ2v) is 6.26. The molecule has 0 aliphatic carbocycles. The van der Waals surface area contributed by atoms with Crippen LogP contribution in [0.3, 0.4) is 0 Å². The molecule has 6 nitrogen and oxygen atoms in total. The fourth-order valence-electron chi connectivity index (χ4n) is 1.99. The highest BCUT2D eigenvalue weighted by molar-refractivity contribution is 7.89. The van der Waals surface area contributed by atoms with Crippen molar-refractivity contribution in [1.29, 1.82) is 0 Å². The molecule has 0 saturated carbocycles. The van der Waals surface area contributed by atoms with Gasteiger partial charge in [0.15, 0.2) is 0 Å². The van der Waals surface area contributed by atoms with E-state index in [2.05, 4.69) is 14.9 Å². The number of nitrogens with one attached hydrogen (secondary N) is 2. The molecular formula is C13H16FN3O3S. The molecule has 21 heavy (non-hydrogen) atoms. The predicted molar refractivity (Wildman–Crippen MR) is 74.5 cm³/mol. The predicted octanol–water partition coefficient (Wildman–Crippen LogP) is 0.871. The van der Waals surface area contributed by atoms with Crippen LogP contribution in [0.4, 0.5) is 4.39 Å². The number of hydrogen-bond acceptors (Lipinski definition) is 4. The maximum Gasteiger partial charge on any atom is 0.244 e. The molecule has 0 aliphatic rings. The van der Waals surface area contributed by atoms with Crippen LogP contribution in [0.5, 0.6) is 0 Å². The number of halogens is 1. The second-order valence-electron chi connectivity index (χ2n) is 4.56. The Morgan fingerprint density at radius 1 is 1.33 bits per heavy atom. The monoisotopic (exact) mass is 313 g/mol. The Hall–Kier alpha value is -1.77. The summed E-state index contributed by atoms with van der Waals surface area (Å²) in [7, 11) is -3.75. The van der Waals surface area contributed by atoms with Crippen LogP contribution in [0.1, 0.15) is 17.0 Å². The summed E-state index contributed by atoms with van der Waals surface area (Å²) in [5.74, 6) is -0.332. The van der Waals surface area contributed by atoms with Crippen LogP contribution in [0.2, 0.25) is 0 Å². The topological polar surface area (TPSA) is 95.1 Å². The lowest BCUT2D eigenvalue weighted by molar-refractivity contribution is 0.273. The first-order chi connectivity index (χ1) is 9.94. The van der Waals surface area contributed by atoms with Crippen molar-refractivity contribution in [2.45, 2.75) is 24.8 Å². The lowest BCUT2D eigenvalue weighted by Gasteiger charge is -2.07. The summed E-state index contributed by atoms with van der Waals surface area (Å²) in [5, 5.41) is 15.4. The molecule has 0 unspecified atom stereocenters. The highest BCUT2D eigenvalue weighted by Gasteiger charge is 2.23. The molecule has 0 bridgehead atoms. The van der Waals surface area contributed by atoms with Gasteiger partial charge in [-0.25, -0.2) is 17.5 Å². The molecule has 114 valence electrons. The number of benzene rings is 1. The minimum absolute atomic E-state index is 0.0240. The molecule has 2 rings (SSSR count). The smallest absolute Gasteiger partial charge is 0.244 e. The normalized spacial score (nSPS) is 11.8. The first-order valence-electron chi connectivity index (χ1n) is 6.33. The molecule has 0 spiro atoms. The Labute approximate surface area is 122 Å². The van der Waals surface area contributed by atoms with Gasteiger partial charge in [-0.1, -0.05) is 12.1 Å². The lowest BCUT2D eigenvalue weighted by atomic mass is 10.1. The summed E-state index contributed by atoms with van der Waals surface area (Å²) in [6.07, 6.45) is 0.435. The van der Waals surface area contributed by atoms with E-state index in [1.54, 1.807) is 19.1 Å². The quantitative estimate of drug-likeness (QED) is 0.737. The van der Waals surface area contributed by atoms with Crippen LogP contribution >= 0.6 is 0 Å². The molecule has 0 fully saturated rings. The number of rotatable bonds is 6. The number of hydrogen-bond donors (Lipinski definition) is 3. The van der Waals surface area contributed by atoms with Gasteiger partial charge in [-0.15, -0.1) is 0 Å². The van der Waals surface area contributed by atoms with Crippen molar-refractivity contribution in [3.05, 3.63) is 47.0 Å². The molecule has 1 heterocycles. The van der Waals surface area contributed by atoms with E-state index in [4.69, 9.17) is 5.11 Å². The molecule has 0 atom stereocenters. The molecule has 0 radical (unpaired) electrons. The van der Waals surface area contributed by atoms with E-state index in [9.17, 15) is 12.8 Å². The zero-order valence-electron chi connectivity index (χ0n) is 11.4. The SMILES string of the molecule is Cc1[nH]nc(CO)c1S(=O)(=O)NCCc1ccc(F)cc1. The summed E-state index contributed by atoms with van der Waals surface area (Å²) in [4.78, 5) is -0.0240. The molecule has 8 heteroatoms. The van der Waals surface area contributed by atoms with E-state index in [0.717, 1.165) is 5.56 Å². The number of nitrogens with zero attached hydrogens (tertiary/aromatic N) is 1. The van der Waals surface area contributed by atoms with Crippen molar-refractivity contribution in [2.75, 3.05) is 6.54 Å². The summed E-state index contributed by atoms with van der Waals surface area (Å²) in [5.41, 5.74) is 1.28. The van der Waals surface area contributed by atoms with E-state index in [-0.39, 0.29) is 23.0 Å². The average molecular weight is 313 g/mol. The van der Waals surface area contributed by atoms with Crippen molar-refractivity contribution >= 4 is 10.0 Å². The van der Waals surface area contributed by atoms with E-state index in [0.29, 0.717) is 12.1 Å². The minimum atomic E-state index is -3.75. The maximum absolute atomic E-state index is 12.8. The van der Waals surface area contributed by atoms with Gasteiger partial charge in [-0.05, 0) is 31.0 Å². The van der Waals surface area contributed by atoms with Gasteiger partial charge >= 0.3 is 0 Å². The van der Waals surface area contributed by atoms with Gasteiger partial charge in [0.25, 0.3) is 0 Å². The molecule has 0 amide bonds. The third-order valence-electron chi connectivity index (χ3n) is 3.00. The number of H-pyrrole nitrogens is 1. The van der Waals surface area contributed by atoms with Gasteiger partial charge in [0.05, 0.1) is 12.3 Å². The number of aryl methyl sites for hydroxylation is 1. The average Bonchev–Trinajstić information content (AvgIpc) is 2.83. The van der Waals surface area contributed by atoms with Gasteiger partial charge in [0.2, 0.25) is 10.0 Å². The fourth-order valence-corrected chi connectivity index (χ4v) is 3.37. The zero-order valence-corrected chi connectivity index (χ0v) is 12.2. The van der Waals surface area contributed by atoms with Crippen LogP contribution in [0.15, 0.2) is 29.2 Å². The Kier molecular flexibility index (Phi) is 4.71. The standard InChI is InChI=1S/C13H16FN3O3S/c1-9-13(12(8-18)17-16-9)21(19,20)15-7-6-10-2-4-11(14)5-3-10/h2-5,15,18H,6-8H2,1H3,(H,16,17). The van der Waals surface area contributed by atoms with Crippen LogP contribution in [-0.2, 0) is 23.1 Å². The number of aliphatic hydroxyl groups is 1. The van der Waals surface area contributed by atoms with Gasteiger partial charge in [0.1, 0.15) is 16.4 Å². The third kappa shape index (κ3) is 3.66. The second kappa shape index (κ2) is 6.33. The summed E-state index contributed by atoms with van der Waals surface area (Å²) >= 11 is 0. The fraction of sp³-hybridized carbons (Fsp3) is 0.308. The van der Waals surface area contributed by atoms with Crippen LogP contribution in [0, 0.1) is 12.7 Å². The minimum Gasteiger partial charge on any atom is -0.390 e. The highest BCUT2D eigenvalue weighted by Crippen LogP contribution is 2.17. The number of sulfonamides is 1. The maximum atomic E-state index is 12.8. The van der Waals surface area contributed by atoms with Gasteiger partial charge < -0.3 is 5.11 Å². The Balaban J connectivity index is 2.04. The molecule has 1 aromatic carbocycles. The first kappa shape index (κ1) is 15.6. The van der Waals surface area contributed by atoms with Crippen LogP contribution < -0.4 is 4.72 Å². The first-order valence-corrected chi connectivity index (χ1v) is 7.81. The highest BCUT2D eigenvalue weighted by atomic mass is 32.2. The molecule has 0 aliphatic heterocycles. The number of aromatic amines is 1. The van der Waals surface area contributed by atoms with Gasteiger partial charge in [-0.3, -0.25) is 5.10 Å². The van der Waals surface area contributed by atoms with Crippen molar-refractivity contribution < 1.29 is 17.9 Å².